The Morgan fingerprint density at radius 3 is 2.50 bits per heavy atom. The molecule has 0 saturated heterocycles. The van der Waals surface area contributed by atoms with E-state index in [1.54, 1.807) is 23.1 Å². The number of hydrogen-bond donors (Lipinski definition) is 2. The molecule has 0 bridgehead atoms. The summed E-state index contributed by atoms with van der Waals surface area (Å²) in [6.45, 7) is 9.74. The Morgan fingerprint density at radius 1 is 1.07 bits per heavy atom. The number of aliphatic hydroxyl groups excluding tert-OH is 1. The summed E-state index contributed by atoms with van der Waals surface area (Å²) >= 11 is 0. The smallest absolute Gasteiger partial charge is 0.258 e. The Balaban J connectivity index is 1.84. The van der Waals surface area contributed by atoms with E-state index in [1.165, 1.54) is 32.1 Å². The van der Waals surface area contributed by atoms with Gasteiger partial charge in [0.1, 0.15) is 5.75 Å². The van der Waals surface area contributed by atoms with E-state index in [0.29, 0.717) is 36.6 Å². The van der Waals surface area contributed by atoms with Crippen molar-refractivity contribution in [2.24, 2.45) is 11.8 Å². The van der Waals surface area contributed by atoms with Crippen molar-refractivity contribution in [1.29, 1.82) is 0 Å². The molecule has 1 heterocycles. The zero-order chi connectivity index (χ0) is 32.1. The number of aliphatic hydroxyl groups is 1. The van der Waals surface area contributed by atoms with Crippen LogP contribution in [0.3, 0.4) is 0 Å². The number of nitrogens with one attached hydrogen (secondary N) is 1. The third-order valence-electron chi connectivity index (χ3n) is 9.13. The number of benzene rings is 1. The van der Waals surface area contributed by atoms with Crippen LogP contribution in [-0.2, 0) is 9.53 Å². The zero-order valence-corrected chi connectivity index (χ0v) is 28.4. The number of anilines is 1. The molecule has 2 aliphatic rings. The maximum atomic E-state index is 14.3. The first kappa shape index (κ1) is 36.3. The van der Waals surface area contributed by atoms with Gasteiger partial charge in [-0.1, -0.05) is 26.2 Å². The maximum absolute atomic E-state index is 14.3. The highest BCUT2D eigenvalue weighted by molar-refractivity contribution is 5.99. The van der Waals surface area contributed by atoms with Gasteiger partial charge in [-0.3, -0.25) is 9.59 Å². The lowest BCUT2D eigenvalue weighted by Gasteiger charge is -2.36. The predicted octanol–water partition coefficient (Wildman–Crippen LogP) is 5.27. The number of nitrogens with zero attached hydrogens (tertiary/aromatic N) is 3. The summed E-state index contributed by atoms with van der Waals surface area (Å²) in [4.78, 5) is 33.2. The van der Waals surface area contributed by atoms with Crippen LogP contribution in [0, 0.1) is 11.8 Å². The second kappa shape index (κ2) is 18.7. The fourth-order valence-electron chi connectivity index (χ4n) is 6.43. The molecule has 0 unspecified atom stereocenters. The molecule has 4 atom stereocenters. The third kappa shape index (κ3) is 12.0. The molecule has 1 aromatic rings. The molecule has 1 saturated carbocycles. The summed E-state index contributed by atoms with van der Waals surface area (Å²) in [5.41, 5.74) is 0.971. The largest absolute Gasteiger partial charge is 0.490 e. The summed E-state index contributed by atoms with van der Waals surface area (Å²) < 4.78 is 12.9. The topological polar surface area (TPSA) is 94.6 Å². The van der Waals surface area contributed by atoms with Crippen molar-refractivity contribution < 1.29 is 24.2 Å². The van der Waals surface area contributed by atoms with Crippen LogP contribution in [0.2, 0.25) is 0 Å². The van der Waals surface area contributed by atoms with E-state index in [2.05, 4.69) is 29.1 Å². The van der Waals surface area contributed by atoms with Crippen LogP contribution in [0.5, 0.6) is 5.75 Å². The summed E-state index contributed by atoms with van der Waals surface area (Å²) in [6, 6.07) is 4.93. The van der Waals surface area contributed by atoms with Gasteiger partial charge >= 0.3 is 0 Å². The van der Waals surface area contributed by atoms with Crippen LogP contribution in [0.25, 0.3) is 0 Å². The molecule has 1 aliphatic carbocycles. The Bertz CT molecular complexity index is 1010. The number of carbonyl (C=O) groups excluding carboxylic acids is 2. The van der Waals surface area contributed by atoms with Crippen molar-refractivity contribution in [1.82, 2.24) is 14.7 Å². The molecule has 1 fully saturated rings. The van der Waals surface area contributed by atoms with Crippen LogP contribution < -0.4 is 10.1 Å². The highest BCUT2D eigenvalue weighted by atomic mass is 16.5. The van der Waals surface area contributed by atoms with Gasteiger partial charge in [0.15, 0.2) is 0 Å². The first-order chi connectivity index (χ1) is 21.1. The third-order valence-corrected chi connectivity index (χ3v) is 9.13. The fraction of sp³-hybridized carbons (Fsp3) is 0.771. The number of ether oxygens (including phenoxy) is 2. The van der Waals surface area contributed by atoms with Gasteiger partial charge < -0.3 is 34.6 Å². The summed E-state index contributed by atoms with van der Waals surface area (Å²) in [7, 11) is 6.17. The number of amides is 2. The van der Waals surface area contributed by atoms with Gasteiger partial charge in [0, 0.05) is 44.3 Å². The van der Waals surface area contributed by atoms with Gasteiger partial charge in [-0.05, 0) is 104 Å². The average Bonchev–Trinajstić information content (AvgIpc) is 2.98. The van der Waals surface area contributed by atoms with Gasteiger partial charge in [-0.2, -0.15) is 0 Å². The average molecular weight is 617 g/mol. The molecule has 0 aromatic heterocycles. The molecule has 0 radical (unpaired) electrons. The minimum Gasteiger partial charge on any atom is -0.490 e. The van der Waals surface area contributed by atoms with Crippen molar-refractivity contribution in [3.05, 3.63) is 23.8 Å². The van der Waals surface area contributed by atoms with Gasteiger partial charge in [-0.15, -0.1) is 0 Å². The van der Waals surface area contributed by atoms with E-state index in [9.17, 15) is 14.7 Å². The van der Waals surface area contributed by atoms with Crippen LogP contribution in [0.1, 0.15) is 95.3 Å². The number of carbonyl (C=O) groups is 2. The summed E-state index contributed by atoms with van der Waals surface area (Å²) in [6.07, 6.45) is 10.4. The Hall–Kier alpha value is -2.20. The summed E-state index contributed by atoms with van der Waals surface area (Å²) in [5.74, 6) is 1.01. The zero-order valence-electron chi connectivity index (χ0n) is 28.4. The minimum atomic E-state index is -0.395. The van der Waals surface area contributed by atoms with Gasteiger partial charge in [0.05, 0.1) is 30.4 Å². The van der Waals surface area contributed by atoms with E-state index >= 15 is 0 Å². The predicted molar refractivity (Wildman–Crippen MR) is 177 cm³/mol. The van der Waals surface area contributed by atoms with Crippen LogP contribution in [0.4, 0.5) is 5.69 Å². The molecular formula is C35H60N4O5. The van der Waals surface area contributed by atoms with Crippen molar-refractivity contribution in [2.45, 2.75) is 103 Å². The molecule has 2 N–H and O–H groups in total. The molecule has 0 spiro atoms. The molecular weight excluding hydrogens is 556 g/mol. The first-order valence-electron chi connectivity index (χ1n) is 17.0. The maximum Gasteiger partial charge on any atom is 0.258 e. The van der Waals surface area contributed by atoms with Crippen molar-refractivity contribution in [3.63, 3.8) is 0 Å². The normalized spacial score (nSPS) is 23.6. The standard InChI is InChI=1S/C35H60N4O5/c1-26-22-39(27(2)25-40)35(42)31-21-30(36-34(41)16-12-19-37(4)5)17-18-32(31)44-28(3)13-10-11-20-43-33(26)24-38(6)23-29-14-8-7-9-15-29/h17-18,21,26-29,33,40H,7-16,19-20,22-25H2,1-6H3,(H,36,41)/t26-,27+,28-,33+/m1/s1. The van der Waals surface area contributed by atoms with E-state index in [1.807, 2.05) is 27.9 Å². The highest BCUT2D eigenvalue weighted by Gasteiger charge is 2.31. The molecule has 44 heavy (non-hydrogen) atoms. The molecule has 1 aromatic carbocycles. The number of hydrogen-bond acceptors (Lipinski definition) is 7. The monoisotopic (exact) mass is 616 g/mol. The SMILES string of the molecule is C[C@@H]1CCCCO[C@@H](CN(C)CC2CCCCC2)[C@H](C)CN([C@@H](C)CO)C(=O)c2cc(NC(=O)CCCN(C)C)ccc2O1. The van der Waals surface area contributed by atoms with E-state index in [0.717, 1.165) is 51.2 Å². The molecule has 250 valence electrons. The second-order valence-corrected chi connectivity index (χ2v) is 13.7. The Morgan fingerprint density at radius 2 is 1.80 bits per heavy atom. The number of rotatable bonds is 11. The quantitative estimate of drug-likeness (QED) is 0.350. The van der Waals surface area contributed by atoms with Gasteiger partial charge in [0.25, 0.3) is 5.91 Å². The summed E-state index contributed by atoms with van der Waals surface area (Å²) in [5, 5.41) is 13.2. The first-order valence-corrected chi connectivity index (χ1v) is 17.0. The lowest BCUT2D eigenvalue weighted by molar-refractivity contribution is -0.116. The van der Waals surface area contributed by atoms with Gasteiger partial charge in [-0.25, -0.2) is 0 Å². The highest BCUT2D eigenvalue weighted by Crippen LogP contribution is 2.29. The van der Waals surface area contributed by atoms with Crippen molar-refractivity contribution in [2.75, 3.05) is 65.9 Å². The van der Waals surface area contributed by atoms with Crippen molar-refractivity contribution >= 4 is 17.5 Å². The fourth-order valence-corrected chi connectivity index (χ4v) is 6.43. The molecule has 1 aliphatic heterocycles. The van der Waals surface area contributed by atoms with Crippen LogP contribution >= 0.6 is 0 Å². The Labute approximate surface area is 266 Å². The Kier molecular flexibility index (Phi) is 15.4. The van der Waals surface area contributed by atoms with E-state index in [-0.39, 0.29) is 36.5 Å². The van der Waals surface area contributed by atoms with Crippen molar-refractivity contribution in [3.8, 4) is 5.75 Å². The molecule has 9 nitrogen and oxygen atoms in total. The van der Waals surface area contributed by atoms with E-state index in [4.69, 9.17) is 9.47 Å². The lowest BCUT2D eigenvalue weighted by Crippen LogP contribution is -2.47. The van der Waals surface area contributed by atoms with E-state index < -0.39 is 6.04 Å². The number of likely N-dealkylation sites (N-methyl/N-ethyl adjacent to an activating group) is 1. The molecule has 9 heteroatoms. The van der Waals surface area contributed by atoms with Gasteiger partial charge in [0.2, 0.25) is 5.91 Å². The minimum absolute atomic E-state index is 0.0337. The van der Waals surface area contributed by atoms with Crippen LogP contribution in [0.15, 0.2) is 18.2 Å². The molecule has 3 rings (SSSR count). The van der Waals surface area contributed by atoms with Crippen LogP contribution in [-0.4, -0.2) is 110 Å². The lowest BCUT2D eigenvalue weighted by atomic mass is 9.89. The molecule has 2 amide bonds. The number of fused-ring (bicyclic) bond motifs is 1. The second-order valence-electron chi connectivity index (χ2n) is 13.7.